The molecule has 3 aromatic rings. The van der Waals surface area contributed by atoms with Crippen LogP contribution in [0.2, 0.25) is 0 Å². The molecule has 2 aliphatic rings. The number of hydrogen-bond donors (Lipinski definition) is 0. The summed E-state index contributed by atoms with van der Waals surface area (Å²) in [5.41, 5.74) is 6.74. The molecule has 0 spiro atoms. The summed E-state index contributed by atoms with van der Waals surface area (Å²) in [4.78, 5) is 4.96. The average Bonchev–Trinajstić information content (AvgIpc) is 3.01. The molecule has 5 rings (SSSR count). The first-order chi connectivity index (χ1) is 12.1. The van der Waals surface area contributed by atoms with Gasteiger partial charge in [-0.05, 0) is 31.5 Å². The first-order valence-electron chi connectivity index (χ1n) is 8.37. The molecular formula is C22H16ClN2+. The highest BCUT2D eigenvalue weighted by Gasteiger charge is 2.42. The maximum Gasteiger partial charge on any atom is 0.206 e. The quantitative estimate of drug-likeness (QED) is 0.518. The Hall–Kier alpha value is -2.67. The van der Waals surface area contributed by atoms with Crippen molar-refractivity contribution in [1.29, 1.82) is 0 Å². The smallest absolute Gasteiger partial charge is 0.206 e. The first-order valence-corrected chi connectivity index (χ1v) is 8.74. The Morgan fingerprint density at radius 1 is 1.04 bits per heavy atom. The fourth-order valence-electron chi connectivity index (χ4n) is 3.93. The molecule has 0 saturated carbocycles. The SMILES string of the molecule is CC1(C)C2=C(C=C(Cl)[C+]=C2)n2c(-c3ccccc3)nc3cccc1c32. The Morgan fingerprint density at radius 2 is 1.84 bits per heavy atom. The van der Waals surface area contributed by atoms with E-state index in [9.17, 15) is 0 Å². The second-order valence-electron chi connectivity index (χ2n) is 7.02. The van der Waals surface area contributed by atoms with Crippen molar-refractivity contribution in [3.63, 3.8) is 0 Å². The molecule has 2 aromatic carbocycles. The second kappa shape index (κ2) is 4.92. The number of fused-ring (bicyclic) bond motifs is 1. The summed E-state index contributed by atoms with van der Waals surface area (Å²) in [6.45, 7) is 4.50. The van der Waals surface area contributed by atoms with E-state index >= 15 is 0 Å². The van der Waals surface area contributed by atoms with Gasteiger partial charge in [0, 0.05) is 11.1 Å². The zero-order valence-electron chi connectivity index (χ0n) is 14.0. The maximum absolute atomic E-state index is 6.31. The van der Waals surface area contributed by atoms with E-state index in [-0.39, 0.29) is 5.41 Å². The van der Waals surface area contributed by atoms with Crippen molar-refractivity contribution in [2.75, 3.05) is 0 Å². The fraction of sp³-hybridized carbons (Fsp3) is 0.136. The molecule has 2 nitrogen and oxygen atoms in total. The fourth-order valence-corrected chi connectivity index (χ4v) is 4.09. The van der Waals surface area contributed by atoms with Crippen LogP contribution in [0.5, 0.6) is 0 Å². The van der Waals surface area contributed by atoms with E-state index in [0.717, 1.165) is 22.6 Å². The maximum atomic E-state index is 6.31. The van der Waals surface area contributed by atoms with Crippen molar-refractivity contribution >= 4 is 28.3 Å². The Kier molecular flexibility index (Phi) is 2.88. The Morgan fingerprint density at radius 3 is 2.64 bits per heavy atom. The number of para-hydroxylation sites is 1. The Labute approximate surface area is 151 Å². The zero-order chi connectivity index (χ0) is 17.2. The summed E-state index contributed by atoms with van der Waals surface area (Å²) in [6.07, 6.45) is 7.19. The average molecular weight is 344 g/mol. The molecule has 0 N–H and O–H groups in total. The van der Waals surface area contributed by atoms with Crippen LogP contribution in [-0.4, -0.2) is 9.55 Å². The highest BCUT2D eigenvalue weighted by Crippen LogP contribution is 2.47. The highest BCUT2D eigenvalue weighted by molar-refractivity contribution is 6.31. The van der Waals surface area contributed by atoms with Gasteiger partial charge in [-0.3, -0.25) is 4.57 Å². The molecule has 3 heteroatoms. The third-order valence-corrected chi connectivity index (χ3v) is 5.41. The van der Waals surface area contributed by atoms with Crippen molar-refractivity contribution in [2.24, 2.45) is 0 Å². The van der Waals surface area contributed by atoms with Crippen LogP contribution in [-0.2, 0) is 5.41 Å². The molecule has 2 heterocycles. The van der Waals surface area contributed by atoms with Crippen molar-refractivity contribution in [3.05, 3.63) is 82.9 Å². The summed E-state index contributed by atoms with van der Waals surface area (Å²) in [5.74, 6) is 0.946. The lowest BCUT2D eigenvalue weighted by atomic mass is 9.73. The minimum atomic E-state index is -0.125. The molecule has 0 bridgehead atoms. The molecule has 0 radical (unpaired) electrons. The summed E-state index contributed by atoms with van der Waals surface area (Å²) in [6, 6.07) is 16.7. The molecule has 1 aromatic heterocycles. The monoisotopic (exact) mass is 343 g/mol. The van der Waals surface area contributed by atoms with Crippen molar-refractivity contribution in [1.82, 2.24) is 9.55 Å². The Balaban J connectivity index is 1.96. The van der Waals surface area contributed by atoms with Crippen LogP contribution in [0.25, 0.3) is 28.1 Å². The molecule has 0 saturated heterocycles. The number of rotatable bonds is 1. The molecular weight excluding hydrogens is 328 g/mol. The van der Waals surface area contributed by atoms with Crippen LogP contribution in [0.1, 0.15) is 19.4 Å². The summed E-state index contributed by atoms with van der Waals surface area (Å²) in [5, 5.41) is 0.620. The standard InChI is InChI=1S/C22H16ClN2/c1-22(2)16-12-11-15(23)13-19(16)25-20-17(22)9-6-10-18(20)24-21(25)14-7-4-3-5-8-14/h3-10,12-13H,1-2H3/q+1. The molecule has 1 aliphatic heterocycles. The lowest BCUT2D eigenvalue weighted by Crippen LogP contribution is -2.27. The van der Waals surface area contributed by atoms with Crippen LogP contribution >= 0.6 is 11.6 Å². The van der Waals surface area contributed by atoms with Gasteiger partial charge in [0.15, 0.2) is 5.70 Å². The molecule has 0 unspecified atom stereocenters. The van der Waals surface area contributed by atoms with E-state index in [1.54, 1.807) is 0 Å². The van der Waals surface area contributed by atoms with Gasteiger partial charge in [0.25, 0.3) is 0 Å². The number of nitrogens with zero attached hydrogens (tertiary/aromatic N) is 2. The van der Waals surface area contributed by atoms with Gasteiger partial charge in [0.1, 0.15) is 11.9 Å². The van der Waals surface area contributed by atoms with Gasteiger partial charge in [0.2, 0.25) is 5.03 Å². The molecule has 1 aliphatic carbocycles. The van der Waals surface area contributed by atoms with Crippen molar-refractivity contribution in [2.45, 2.75) is 19.3 Å². The number of benzene rings is 2. The van der Waals surface area contributed by atoms with Gasteiger partial charge < -0.3 is 0 Å². The van der Waals surface area contributed by atoms with Crippen LogP contribution in [0.3, 0.4) is 0 Å². The van der Waals surface area contributed by atoms with Gasteiger partial charge in [-0.1, -0.05) is 42.5 Å². The van der Waals surface area contributed by atoms with Gasteiger partial charge in [-0.25, -0.2) is 4.98 Å². The van der Waals surface area contributed by atoms with Crippen molar-refractivity contribution < 1.29 is 0 Å². The molecule has 0 fully saturated rings. The summed E-state index contributed by atoms with van der Waals surface area (Å²) in [7, 11) is 0. The predicted octanol–water partition coefficient (Wildman–Crippen LogP) is 5.70. The van der Waals surface area contributed by atoms with E-state index in [1.165, 1.54) is 16.7 Å². The van der Waals surface area contributed by atoms with E-state index in [0.29, 0.717) is 5.03 Å². The lowest BCUT2D eigenvalue weighted by molar-refractivity contribution is 0.632. The number of halogens is 1. The van der Waals surface area contributed by atoms with E-state index in [1.807, 2.05) is 30.4 Å². The number of imidazole rings is 1. The first kappa shape index (κ1) is 14.7. The van der Waals surface area contributed by atoms with E-state index in [2.05, 4.69) is 54.8 Å². The molecule has 120 valence electrons. The summed E-state index contributed by atoms with van der Waals surface area (Å²) < 4.78 is 2.25. The lowest BCUT2D eigenvalue weighted by Gasteiger charge is -2.30. The van der Waals surface area contributed by atoms with Gasteiger partial charge in [0.05, 0.1) is 34.2 Å². The largest absolute Gasteiger partial charge is 0.269 e. The zero-order valence-corrected chi connectivity index (χ0v) is 14.8. The molecule has 0 atom stereocenters. The van der Waals surface area contributed by atoms with Gasteiger partial charge >= 0.3 is 0 Å². The molecule has 0 amide bonds. The molecule has 25 heavy (non-hydrogen) atoms. The van der Waals surface area contributed by atoms with Crippen LogP contribution in [0, 0.1) is 6.08 Å². The van der Waals surface area contributed by atoms with Gasteiger partial charge in [-0.2, -0.15) is 0 Å². The summed E-state index contributed by atoms with van der Waals surface area (Å²) >= 11 is 6.31. The number of allylic oxidation sites excluding steroid dienone is 6. The van der Waals surface area contributed by atoms with Crippen LogP contribution in [0.4, 0.5) is 0 Å². The van der Waals surface area contributed by atoms with E-state index in [4.69, 9.17) is 16.6 Å². The third kappa shape index (κ3) is 1.93. The van der Waals surface area contributed by atoms with Crippen LogP contribution in [0.15, 0.2) is 71.3 Å². The predicted molar refractivity (Wildman–Crippen MR) is 103 cm³/mol. The van der Waals surface area contributed by atoms with Crippen LogP contribution < -0.4 is 0 Å². The third-order valence-electron chi connectivity index (χ3n) is 5.19. The second-order valence-corrected chi connectivity index (χ2v) is 7.42. The van der Waals surface area contributed by atoms with E-state index < -0.39 is 0 Å². The Bertz CT molecular complexity index is 1110. The minimum Gasteiger partial charge on any atom is -0.269 e. The highest BCUT2D eigenvalue weighted by atomic mass is 35.5. The normalized spacial score (nSPS) is 17.3. The minimum absolute atomic E-state index is 0.125. The number of hydrogen-bond acceptors (Lipinski definition) is 1. The van der Waals surface area contributed by atoms with Crippen molar-refractivity contribution in [3.8, 4) is 11.4 Å². The number of aromatic nitrogens is 2. The topological polar surface area (TPSA) is 17.8 Å². The van der Waals surface area contributed by atoms with Gasteiger partial charge in [-0.15, -0.1) is 0 Å².